The van der Waals surface area contributed by atoms with E-state index in [4.69, 9.17) is 16.0 Å². The third-order valence-corrected chi connectivity index (χ3v) is 3.81. The SMILES string of the molecule is Cc1ccc(CNCC(c2ccco2)N(C)C)cc1Cl. The van der Waals surface area contributed by atoms with Crippen LogP contribution in [0, 0.1) is 6.92 Å². The number of likely N-dealkylation sites (N-methyl/N-ethyl adjacent to an activating group) is 1. The number of benzene rings is 1. The normalized spacial score (nSPS) is 12.8. The molecule has 1 unspecified atom stereocenters. The summed E-state index contributed by atoms with van der Waals surface area (Å²) in [6.07, 6.45) is 1.71. The molecule has 1 aromatic carbocycles. The van der Waals surface area contributed by atoms with Gasteiger partial charge in [-0.25, -0.2) is 0 Å². The molecule has 0 aliphatic rings. The molecule has 0 aliphatic heterocycles. The maximum Gasteiger partial charge on any atom is 0.122 e. The van der Waals surface area contributed by atoms with Crippen molar-refractivity contribution >= 4 is 11.6 Å². The van der Waals surface area contributed by atoms with Gasteiger partial charge in [0.05, 0.1) is 12.3 Å². The molecule has 2 rings (SSSR count). The van der Waals surface area contributed by atoms with Gasteiger partial charge in [-0.3, -0.25) is 4.90 Å². The van der Waals surface area contributed by atoms with E-state index in [1.807, 2.05) is 25.1 Å². The predicted molar refractivity (Wildman–Crippen MR) is 83.0 cm³/mol. The Kier molecular flexibility index (Phi) is 5.24. The fraction of sp³-hybridized carbons (Fsp3) is 0.375. The minimum atomic E-state index is 0.228. The highest BCUT2D eigenvalue weighted by Gasteiger charge is 2.16. The molecular formula is C16H21ClN2O. The minimum absolute atomic E-state index is 0.228. The van der Waals surface area contributed by atoms with E-state index < -0.39 is 0 Å². The van der Waals surface area contributed by atoms with E-state index in [1.165, 1.54) is 5.56 Å². The molecule has 0 saturated heterocycles. The zero-order valence-electron chi connectivity index (χ0n) is 12.2. The number of aryl methyl sites for hydroxylation is 1. The summed E-state index contributed by atoms with van der Waals surface area (Å²) in [6.45, 7) is 3.63. The first kappa shape index (κ1) is 15.1. The fourth-order valence-corrected chi connectivity index (χ4v) is 2.32. The van der Waals surface area contributed by atoms with E-state index in [0.29, 0.717) is 0 Å². The average molecular weight is 293 g/mol. The molecule has 4 heteroatoms. The fourth-order valence-electron chi connectivity index (χ4n) is 2.12. The number of hydrogen-bond acceptors (Lipinski definition) is 3. The van der Waals surface area contributed by atoms with Crippen molar-refractivity contribution in [1.82, 2.24) is 10.2 Å². The second-order valence-corrected chi connectivity index (χ2v) is 5.62. The molecule has 0 fully saturated rings. The summed E-state index contributed by atoms with van der Waals surface area (Å²) in [5, 5.41) is 4.28. The molecule has 1 aromatic heterocycles. The van der Waals surface area contributed by atoms with Crippen LogP contribution in [-0.4, -0.2) is 25.5 Å². The quantitative estimate of drug-likeness (QED) is 0.881. The molecule has 0 spiro atoms. The molecule has 0 saturated carbocycles. The first-order valence-corrected chi connectivity index (χ1v) is 7.11. The third-order valence-electron chi connectivity index (χ3n) is 3.40. The van der Waals surface area contributed by atoms with E-state index in [1.54, 1.807) is 6.26 Å². The van der Waals surface area contributed by atoms with Crippen LogP contribution in [0.4, 0.5) is 0 Å². The maximum atomic E-state index is 6.14. The topological polar surface area (TPSA) is 28.4 Å². The molecule has 0 radical (unpaired) electrons. The van der Waals surface area contributed by atoms with Crippen LogP contribution >= 0.6 is 11.6 Å². The van der Waals surface area contributed by atoms with Gasteiger partial charge in [0.2, 0.25) is 0 Å². The van der Waals surface area contributed by atoms with E-state index >= 15 is 0 Å². The molecule has 1 N–H and O–H groups in total. The van der Waals surface area contributed by atoms with Crippen molar-refractivity contribution in [3.05, 3.63) is 58.5 Å². The van der Waals surface area contributed by atoms with Crippen molar-refractivity contribution in [1.29, 1.82) is 0 Å². The number of nitrogens with one attached hydrogen (secondary N) is 1. The lowest BCUT2D eigenvalue weighted by Crippen LogP contribution is -2.30. The van der Waals surface area contributed by atoms with Gasteiger partial charge in [-0.1, -0.05) is 23.7 Å². The van der Waals surface area contributed by atoms with Crippen LogP contribution in [0.25, 0.3) is 0 Å². The number of halogens is 1. The number of rotatable bonds is 6. The standard InChI is InChI=1S/C16H21ClN2O/c1-12-6-7-13(9-14(12)17)10-18-11-15(19(2)3)16-5-4-8-20-16/h4-9,15,18H,10-11H2,1-3H3. The zero-order valence-corrected chi connectivity index (χ0v) is 12.9. The van der Waals surface area contributed by atoms with Gasteiger partial charge < -0.3 is 9.73 Å². The summed E-state index contributed by atoms with van der Waals surface area (Å²) in [5.74, 6) is 0.976. The Bertz CT molecular complexity index is 537. The van der Waals surface area contributed by atoms with Crippen molar-refractivity contribution < 1.29 is 4.42 Å². The molecule has 0 aliphatic carbocycles. The molecular weight excluding hydrogens is 272 g/mol. The second kappa shape index (κ2) is 6.93. The molecule has 1 heterocycles. The van der Waals surface area contributed by atoms with Gasteiger partial charge in [0, 0.05) is 18.1 Å². The van der Waals surface area contributed by atoms with Crippen molar-refractivity contribution in [3.63, 3.8) is 0 Å². The Morgan fingerprint density at radius 3 is 2.70 bits per heavy atom. The van der Waals surface area contributed by atoms with Crippen molar-refractivity contribution in [3.8, 4) is 0 Å². The van der Waals surface area contributed by atoms with E-state index in [2.05, 4.69) is 36.4 Å². The first-order valence-electron chi connectivity index (χ1n) is 6.73. The van der Waals surface area contributed by atoms with E-state index in [0.717, 1.165) is 29.4 Å². The van der Waals surface area contributed by atoms with Gasteiger partial charge in [-0.05, 0) is 50.3 Å². The molecule has 0 bridgehead atoms. The summed E-state index contributed by atoms with van der Waals surface area (Å²) in [6, 6.07) is 10.3. The number of furan rings is 1. The Morgan fingerprint density at radius 1 is 1.30 bits per heavy atom. The summed E-state index contributed by atoms with van der Waals surface area (Å²) >= 11 is 6.14. The molecule has 20 heavy (non-hydrogen) atoms. The van der Waals surface area contributed by atoms with Gasteiger partial charge in [-0.2, -0.15) is 0 Å². The molecule has 2 aromatic rings. The Hall–Kier alpha value is -1.29. The average Bonchev–Trinajstić information content (AvgIpc) is 2.92. The minimum Gasteiger partial charge on any atom is -0.468 e. The number of nitrogens with zero attached hydrogens (tertiary/aromatic N) is 1. The largest absolute Gasteiger partial charge is 0.468 e. The molecule has 108 valence electrons. The van der Waals surface area contributed by atoms with Crippen LogP contribution in [0.3, 0.4) is 0 Å². The van der Waals surface area contributed by atoms with Crippen LogP contribution in [0.1, 0.15) is 22.9 Å². The van der Waals surface area contributed by atoms with Crippen LogP contribution in [0.2, 0.25) is 5.02 Å². The monoisotopic (exact) mass is 292 g/mol. The molecule has 1 atom stereocenters. The highest BCUT2D eigenvalue weighted by atomic mass is 35.5. The second-order valence-electron chi connectivity index (χ2n) is 5.21. The smallest absolute Gasteiger partial charge is 0.122 e. The Balaban J connectivity index is 1.92. The van der Waals surface area contributed by atoms with Gasteiger partial charge in [-0.15, -0.1) is 0 Å². The third kappa shape index (κ3) is 3.85. The van der Waals surface area contributed by atoms with Crippen molar-refractivity contribution in [2.75, 3.05) is 20.6 Å². The lowest BCUT2D eigenvalue weighted by atomic mass is 10.1. The zero-order chi connectivity index (χ0) is 14.5. The van der Waals surface area contributed by atoms with Crippen LogP contribution < -0.4 is 5.32 Å². The first-order chi connectivity index (χ1) is 9.58. The van der Waals surface area contributed by atoms with Gasteiger partial charge in [0.1, 0.15) is 5.76 Å². The van der Waals surface area contributed by atoms with Crippen LogP contribution in [0.15, 0.2) is 41.0 Å². The predicted octanol–water partition coefficient (Wildman–Crippen LogP) is 3.63. The molecule has 3 nitrogen and oxygen atoms in total. The Morgan fingerprint density at radius 2 is 2.10 bits per heavy atom. The van der Waals surface area contributed by atoms with Crippen molar-refractivity contribution in [2.45, 2.75) is 19.5 Å². The summed E-state index contributed by atoms with van der Waals surface area (Å²) < 4.78 is 5.49. The van der Waals surface area contributed by atoms with Gasteiger partial charge in [0.15, 0.2) is 0 Å². The summed E-state index contributed by atoms with van der Waals surface area (Å²) in [7, 11) is 4.11. The van der Waals surface area contributed by atoms with Crippen molar-refractivity contribution in [2.24, 2.45) is 0 Å². The summed E-state index contributed by atoms with van der Waals surface area (Å²) in [5.41, 5.74) is 2.30. The van der Waals surface area contributed by atoms with E-state index in [9.17, 15) is 0 Å². The number of hydrogen-bond donors (Lipinski definition) is 1. The van der Waals surface area contributed by atoms with Gasteiger partial charge in [0.25, 0.3) is 0 Å². The molecule has 0 amide bonds. The highest BCUT2D eigenvalue weighted by molar-refractivity contribution is 6.31. The van der Waals surface area contributed by atoms with E-state index in [-0.39, 0.29) is 6.04 Å². The highest BCUT2D eigenvalue weighted by Crippen LogP contribution is 2.19. The van der Waals surface area contributed by atoms with Gasteiger partial charge >= 0.3 is 0 Å². The lowest BCUT2D eigenvalue weighted by molar-refractivity contribution is 0.250. The van der Waals surface area contributed by atoms with Crippen LogP contribution in [-0.2, 0) is 6.54 Å². The lowest BCUT2D eigenvalue weighted by Gasteiger charge is -2.22. The van der Waals surface area contributed by atoms with Crippen LogP contribution in [0.5, 0.6) is 0 Å². The Labute approximate surface area is 125 Å². The summed E-state index contributed by atoms with van der Waals surface area (Å²) in [4.78, 5) is 2.15. The maximum absolute atomic E-state index is 6.14.